The number of amides is 1. The van der Waals surface area contributed by atoms with Gasteiger partial charge in [-0.15, -0.1) is 0 Å². The molecule has 2 rings (SSSR count). The Balaban J connectivity index is 1.91. The summed E-state index contributed by atoms with van der Waals surface area (Å²) >= 11 is 6.16. The van der Waals surface area contributed by atoms with Crippen LogP contribution in [0.15, 0.2) is 18.2 Å². The molecule has 4 nitrogen and oxygen atoms in total. The minimum atomic E-state index is 0.0327. The Labute approximate surface area is 125 Å². The van der Waals surface area contributed by atoms with Crippen LogP contribution in [0.5, 0.6) is 5.75 Å². The van der Waals surface area contributed by atoms with Gasteiger partial charge in [0.1, 0.15) is 5.75 Å². The predicted molar refractivity (Wildman–Crippen MR) is 80.1 cm³/mol. The molecule has 1 aliphatic rings. The molecule has 1 N–H and O–H groups in total. The zero-order chi connectivity index (χ0) is 14.5. The second kappa shape index (κ2) is 6.95. The summed E-state index contributed by atoms with van der Waals surface area (Å²) in [6.07, 6.45) is 2.22. The third-order valence-corrected chi connectivity index (χ3v) is 3.67. The Morgan fingerprint density at radius 1 is 1.50 bits per heavy atom. The molecule has 0 aliphatic heterocycles. The van der Waals surface area contributed by atoms with E-state index in [9.17, 15) is 4.79 Å². The standard InChI is InChI=1S/C15H21ClN2O2/c1-3-18(12-5-6-12)15(19)10-20-14-7-4-11(9-17-2)8-13(14)16/h4,7-8,12,17H,3,5-6,9-10H2,1-2H3. The van der Waals surface area contributed by atoms with Crippen LogP contribution >= 0.6 is 11.6 Å². The van der Waals surface area contributed by atoms with Crippen LogP contribution < -0.4 is 10.1 Å². The Morgan fingerprint density at radius 2 is 2.25 bits per heavy atom. The van der Waals surface area contributed by atoms with E-state index in [1.54, 1.807) is 0 Å². The quantitative estimate of drug-likeness (QED) is 0.840. The second-order valence-corrected chi connectivity index (χ2v) is 5.40. The summed E-state index contributed by atoms with van der Waals surface area (Å²) in [7, 11) is 1.88. The van der Waals surface area contributed by atoms with E-state index >= 15 is 0 Å². The summed E-state index contributed by atoms with van der Waals surface area (Å²) < 4.78 is 5.55. The first-order valence-electron chi connectivity index (χ1n) is 7.01. The number of nitrogens with one attached hydrogen (secondary N) is 1. The van der Waals surface area contributed by atoms with Crippen LogP contribution in [-0.4, -0.2) is 37.0 Å². The number of hydrogen-bond donors (Lipinski definition) is 1. The van der Waals surface area contributed by atoms with E-state index in [1.807, 2.05) is 37.1 Å². The Morgan fingerprint density at radius 3 is 2.80 bits per heavy atom. The maximum absolute atomic E-state index is 12.1. The van der Waals surface area contributed by atoms with Gasteiger partial charge >= 0.3 is 0 Å². The first-order chi connectivity index (χ1) is 9.65. The van der Waals surface area contributed by atoms with Gasteiger partial charge in [0.2, 0.25) is 0 Å². The monoisotopic (exact) mass is 296 g/mol. The molecule has 0 spiro atoms. The molecule has 0 radical (unpaired) electrons. The molecule has 1 saturated carbocycles. The van der Waals surface area contributed by atoms with Gasteiger partial charge < -0.3 is 15.0 Å². The molecule has 1 aliphatic carbocycles. The molecule has 5 heteroatoms. The molecular formula is C15H21ClN2O2. The summed E-state index contributed by atoms with van der Waals surface area (Å²) in [6.45, 7) is 3.54. The van der Waals surface area contributed by atoms with Crippen molar-refractivity contribution >= 4 is 17.5 Å². The maximum atomic E-state index is 12.1. The van der Waals surface area contributed by atoms with Crippen molar-refractivity contribution in [2.45, 2.75) is 32.4 Å². The fraction of sp³-hybridized carbons (Fsp3) is 0.533. The van der Waals surface area contributed by atoms with E-state index in [2.05, 4.69) is 5.32 Å². The Kier molecular flexibility index (Phi) is 5.26. The normalized spacial score (nSPS) is 14.2. The van der Waals surface area contributed by atoms with Crippen molar-refractivity contribution in [3.63, 3.8) is 0 Å². The van der Waals surface area contributed by atoms with E-state index in [0.717, 1.165) is 31.5 Å². The highest BCUT2D eigenvalue weighted by Crippen LogP contribution is 2.28. The highest BCUT2D eigenvalue weighted by molar-refractivity contribution is 6.32. The van der Waals surface area contributed by atoms with Gasteiger partial charge in [-0.05, 0) is 44.5 Å². The van der Waals surface area contributed by atoms with Crippen LogP contribution in [0.3, 0.4) is 0 Å². The first-order valence-corrected chi connectivity index (χ1v) is 7.38. The number of carbonyl (C=O) groups is 1. The van der Waals surface area contributed by atoms with Crippen LogP contribution in [0, 0.1) is 0 Å². The molecular weight excluding hydrogens is 276 g/mol. The zero-order valence-corrected chi connectivity index (χ0v) is 12.7. The molecule has 0 atom stereocenters. The highest BCUT2D eigenvalue weighted by Gasteiger charge is 2.31. The summed E-state index contributed by atoms with van der Waals surface area (Å²) in [5.74, 6) is 0.595. The molecule has 1 amide bonds. The number of carbonyl (C=O) groups excluding carboxylic acids is 1. The van der Waals surface area contributed by atoms with Gasteiger partial charge in [-0.1, -0.05) is 17.7 Å². The predicted octanol–water partition coefficient (Wildman–Crippen LogP) is 2.45. The highest BCUT2D eigenvalue weighted by atomic mass is 35.5. The molecule has 0 aromatic heterocycles. The number of nitrogens with zero attached hydrogens (tertiary/aromatic N) is 1. The van der Waals surface area contributed by atoms with E-state index in [4.69, 9.17) is 16.3 Å². The lowest BCUT2D eigenvalue weighted by Crippen LogP contribution is -2.36. The number of halogens is 1. The van der Waals surface area contributed by atoms with Gasteiger partial charge in [0.15, 0.2) is 6.61 Å². The molecule has 1 fully saturated rings. The van der Waals surface area contributed by atoms with Crippen molar-refractivity contribution in [1.82, 2.24) is 10.2 Å². The van der Waals surface area contributed by atoms with Crippen LogP contribution in [0.25, 0.3) is 0 Å². The van der Waals surface area contributed by atoms with Crippen LogP contribution in [-0.2, 0) is 11.3 Å². The van der Waals surface area contributed by atoms with E-state index in [0.29, 0.717) is 16.8 Å². The number of rotatable bonds is 7. The molecule has 1 aromatic carbocycles. The maximum Gasteiger partial charge on any atom is 0.260 e. The smallest absolute Gasteiger partial charge is 0.260 e. The lowest BCUT2D eigenvalue weighted by Gasteiger charge is -2.20. The third-order valence-electron chi connectivity index (χ3n) is 3.38. The number of ether oxygens (including phenoxy) is 1. The summed E-state index contributed by atoms with van der Waals surface area (Å²) in [5, 5.41) is 3.60. The Hall–Kier alpha value is -1.26. The molecule has 0 saturated heterocycles. The molecule has 110 valence electrons. The van der Waals surface area contributed by atoms with Crippen LogP contribution in [0.1, 0.15) is 25.3 Å². The van der Waals surface area contributed by atoms with Gasteiger partial charge in [-0.3, -0.25) is 4.79 Å². The fourth-order valence-electron chi connectivity index (χ4n) is 2.22. The van der Waals surface area contributed by atoms with Gasteiger partial charge in [0.25, 0.3) is 5.91 Å². The lowest BCUT2D eigenvalue weighted by molar-refractivity contribution is -0.133. The minimum Gasteiger partial charge on any atom is -0.482 e. The lowest BCUT2D eigenvalue weighted by atomic mass is 10.2. The van der Waals surface area contributed by atoms with Crippen molar-refractivity contribution in [1.29, 1.82) is 0 Å². The average Bonchev–Trinajstić information content (AvgIpc) is 3.24. The largest absolute Gasteiger partial charge is 0.482 e. The molecule has 1 aromatic rings. The van der Waals surface area contributed by atoms with Crippen LogP contribution in [0.2, 0.25) is 5.02 Å². The summed E-state index contributed by atoms with van der Waals surface area (Å²) in [5.41, 5.74) is 1.09. The number of hydrogen-bond acceptors (Lipinski definition) is 3. The van der Waals surface area contributed by atoms with Crippen molar-refractivity contribution in [3.05, 3.63) is 28.8 Å². The van der Waals surface area contributed by atoms with Crippen LogP contribution in [0.4, 0.5) is 0 Å². The molecule has 0 heterocycles. The van der Waals surface area contributed by atoms with Gasteiger partial charge in [0, 0.05) is 19.1 Å². The first kappa shape index (κ1) is 15.1. The molecule has 0 unspecified atom stereocenters. The number of likely N-dealkylation sites (N-methyl/N-ethyl adjacent to an activating group) is 1. The van der Waals surface area contributed by atoms with E-state index in [1.165, 1.54) is 0 Å². The van der Waals surface area contributed by atoms with Crippen molar-refractivity contribution < 1.29 is 9.53 Å². The topological polar surface area (TPSA) is 41.6 Å². The fourth-order valence-corrected chi connectivity index (χ4v) is 2.48. The van der Waals surface area contributed by atoms with Crippen molar-refractivity contribution in [2.24, 2.45) is 0 Å². The zero-order valence-electron chi connectivity index (χ0n) is 12.0. The van der Waals surface area contributed by atoms with Gasteiger partial charge in [-0.25, -0.2) is 0 Å². The Bertz CT molecular complexity index is 475. The van der Waals surface area contributed by atoms with E-state index in [-0.39, 0.29) is 12.5 Å². The minimum absolute atomic E-state index is 0.0327. The molecule has 0 bridgehead atoms. The summed E-state index contributed by atoms with van der Waals surface area (Å²) in [4.78, 5) is 13.9. The van der Waals surface area contributed by atoms with Gasteiger partial charge in [0.05, 0.1) is 5.02 Å². The molecule has 20 heavy (non-hydrogen) atoms. The second-order valence-electron chi connectivity index (χ2n) is 4.99. The number of benzene rings is 1. The van der Waals surface area contributed by atoms with Crippen molar-refractivity contribution in [3.8, 4) is 5.75 Å². The SMILES string of the molecule is CCN(C(=O)COc1ccc(CNC)cc1Cl)C1CC1. The van der Waals surface area contributed by atoms with Gasteiger partial charge in [-0.2, -0.15) is 0 Å². The third kappa shape index (κ3) is 3.87. The van der Waals surface area contributed by atoms with Crippen molar-refractivity contribution in [2.75, 3.05) is 20.2 Å². The summed E-state index contributed by atoms with van der Waals surface area (Å²) in [6, 6.07) is 6.04. The average molecular weight is 297 g/mol. The van der Waals surface area contributed by atoms with E-state index < -0.39 is 0 Å².